The van der Waals surface area contributed by atoms with Crippen LogP contribution in [-0.2, 0) is 21.4 Å². The van der Waals surface area contributed by atoms with Gasteiger partial charge in [-0.15, -0.1) is 5.10 Å². The van der Waals surface area contributed by atoms with Crippen molar-refractivity contribution >= 4 is 21.9 Å². The number of hydrogen-bond donors (Lipinski definition) is 2. The van der Waals surface area contributed by atoms with E-state index in [0.717, 1.165) is 17.1 Å². The largest absolute Gasteiger partial charge is 0.480 e. The Morgan fingerprint density at radius 3 is 2.84 bits per heavy atom. The van der Waals surface area contributed by atoms with Crippen molar-refractivity contribution < 1.29 is 18.3 Å². The second-order valence-corrected chi connectivity index (χ2v) is 5.02. The summed E-state index contributed by atoms with van der Waals surface area (Å²) in [7, 11) is -3.92. The number of hydrogen-bond acceptors (Lipinski definition) is 7. The number of carboxylic acids is 1. The average molecular weight is 284 g/mol. The van der Waals surface area contributed by atoms with Gasteiger partial charge in [0.25, 0.3) is 16.0 Å². The van der Waals surface area contributed by atoms with Gasteiger partial charge in [-0.05, 0) is 0 Å². The smallest absolute Gasteiger partial charge is 0.325 e. The van der Waals surface area contributed by atoms with Gasteiger partial charge in [0.05, 0.1) is 18.6 Å². The monoisotopic (exact) mass is 284 g/mol. The van der Waals surface area contributed by atoms with Crippen LogP contribution >= 0.6 is 0 Å². The summed E-state index contributed by atoms with van der Waals surface area (Å²) in [5.74, 6) is -1.32. The maximum Gasteiger partial charge on any atom is 0.325 e. The highest BCUT2D eigenvalue weighted by Crippen LogP contribution is 2.10. The molecule has 0 atom stereocenters. The summed E-state index contributed by atoms with van der Waals surface area (Å²) < 4.78 is 26.8. The van der Waals surface area contributed by atoms with Crippen LogP contribution in [0.5, 0.6) is 0 Å². The quantitative estimate of drug-likeness (QED) is 0.709. The van der Waals surface area contributed by atoms with Crippen LogP contribution in [0.25, 0.3) is 0 Å². The highest BCUT2D eigenvalue weighted by molar-refractivity contribution is 7.92. The fraction of sp³-hybridized carbons (Fsp3) is 0.125. The number of nitrogens with one attached hydrogen (secondary N) is 1. The Kier molecular flexibility index (Phi) is 3.37. The lowest BCUT2D eigenvalue weighted by atomic mass is 10.6. The van der Waals surface area contributed by atoms with Gasteiger partial charge in [0, 0.05) is 6.20 Å². The first kappa shape index (κ1) is 12.9. The van der Waals surface area contributed by atoms with Crippen LogP contribution in [-0.4, -0.2) is 44.5 Å². The van der Waals surface area contributed by atoms with E-state index < -0.39 is 22.5 Å². The van der Waals surface area contributed by atoms with Crippen molar-refractivity contribution in [1.82, 2.24) is 25.0 Å². The van der Waals surface area contributed by atoms with Gasteiger partial charge in [0.1, 0.15) is 11.4 Å². The number of rotatable bonds is 5. The highest BCUT2D eigenvalue weighted by atomic mass is 32.2. The summed E-state index contributed by atoms with van der Waals surface area (Å²) in [6.45, 7) is -0.432. The summed E-state index contributed by atoms with van der Waals surface area (Å²) in [6.07, 6.45) is 4.69. The van der Waals surface area contributed by atoms with Crippen molar-refractivity contribution in [1.29, 1.82) is 0 Å². The van der Waals surface area contributed by atoms with Crippen molar-refractivity contribution in [2.75, 3.05) is 4.72 Å². The van der Waals surface area contributed by atoms with Gasteiger partial charge >= 0.3 is 5.97 Å². The Hall–Kier alpha value is -2.56. The van der Waals surface area contributed by atoms with Gasteiger partial charge in [-0.3, -0.25) is 9.48 Å². The van der Waals surface area contributed by atoms with Crippen molar-refractivity contribution in [3.05, 3.63) is 24.8 Å². The molecule has 10 nitrogen and oxygen atoms in total. The Labute approximate surface area is 107 Å². The van der Waals surface area contributed by atoms with E-state index >= 15 is 0 Å². The first-order valence-electron chi connectivity index (χ1n) is 4.88. The van der Waals surface area contributed by atoms with E-state index in [4.69, 9.17) is 5.11 Å². The molecule has 0 amide bonds. The van der Waals surface area contributed by atoms with Crippen LogP contribution in [0, 0.1) is 0 Å². The van der Waals surface area contributed by atoms with Gasteiger partial charge in [-0.1, -0.05) is 0 Å². The number of anilines is 1. The lowest BCUT2D eigenvalue weighted by Crippen LogP contribution is -2.15. The van der Waals surface area contributed by atoms with Gasteiger partial charge in [0.2, 0.25) is 0 Å². The van der Waals surface area contributed by atoms with E-state index in [1.54, 1.807) is 0 Å². The fourth-order valence-corrected chi connectivity index (χ4v) is 2.08. The summed E-state index contributed by atoms with van der Waals surface area (Å²) in [6, 6.07) is 0. The van der Waals surface area contributed by atoms with Crippen LogP contribution in [0.1, 0.15) is 0 Å². The van der Waals surface area contributed by atoms with Crippen LogP contribution in [0.15, 0.2) is 29.7 Å². The first-order chi connectivity index (χ1) is 8.97. The third kappa shape index (κ3) is 3.22. The Morgan fingerprint density at radius 2 is 2.21 bits per heavy atom. The zero-order valence-corrected chi connectivity index (χ0v) is 10.1. The third-order valence-corrected chi connectivity index (χ3v) is 3.21. The van der Waals surface area contributed by atoms with Crippen LogP contribution in [0.2, 0.25) is 0 Å². The Bertz CT molecular complexity index is 682. The number of aliphatic carboxylic acids is 1. The predicted molar refractivity (Wildman–Crippen MR) is 60.5 cm³/mol. The van der Waals surface area contributed by atoms with Crippen LogP contribution in [0.3, 0.4) is 0 Å². The van der Waals surface area contributed by atoms with E-state index in [2.05, 4.69) is 25.0 Å². The second kappa shape index (κ2) is 4.97. The predicted octanol–water partition coefficient (Wildman–Crippen LogP) is -1.05. The molecule has 2 aromatic rings. The Morgan fingerprint density at radius 1 is 1.42 bits per heavy atom. The molecule has 2 N–H and O–H groups in total. The van der Waals surface area contributed by atoms with Crippen molar-refractivity contribution in [2.24, 2.45) is 0 Å². The number of carbonyl (C=O) groups is 1. The van der Waals surface area contributed by atoms with Crippen LogP contribution in [0.4, 0.5) is 5.95 Å². The van der Waals surface area contributed by atoms with E-state index in [1.165, 1.54) is 12.4 Å². The molecule has 2 heterocycles. The fourth-order valence-electron chi connectivity index (χ4n) is 1.18. The van der Waals surface area contributed by atoms with E-state index in [-0.39, 0.29) is 10.8 Å². The molecule has 0 aromatic carbocycles. The Balaban J connectivity index is 2.20. The molecular formula is C8H8N6O4S. The SMILES string of the molecule is O=C(O)Cn1cc(S(=O)(=O)Nc2nccnn2)cn1. The zero-order chi connectivity index (χ0) is 13.9. The molecule has 0 fully saturated rings. The highest BCUT2D eigenvalue weighted by Gasteiger charge is 2.18. The van der Waals surface area contributed by atoms with Crippen molar-refractivity contribution in [3.8, 4) is 0 Å². The minimum absolute atomic E-state index is 0.187. The molecule has 0 bridgehead atoms. The van der Waals surface area contributed by atoms with Gasteiger partial charge in [-0.25, -0.2) is 18.1 Å². The number of aromatic nitrogens is 5. The maximum atomic E-state index is 11.9. The maximum absolute atomic E-state index is 11.9. The van der Waals surface area contributed by atoms with Crippen molar-refractivity contribution in [3.63, 3.8) is 0 Å². The standard InChI is InChI=1S/C8H8N6O4S/c15-7(16)5-14-4-6(3-11-14)19(17,18)13-8-9-1-2-10-12-8/h1-4H,5H2,(H,15,16)(H,9,12,13). The molecule has 11 heteroatoms. The van der Waals surface area contributed by atoms with E-state index in [0.29, 0.717) is 0 Å². The number of nitrogens with zero attached hydrogens (tertiary/aromatic N) is 5. The molecule has 2 rings (SSSR count). The number of carboxylic acid groups (broad SMARTS) is 1. The molecule has 0 spiro atoms. The van der Waals surface area contributed by atoms with Gasteiger partial charge in [0.15, 0.2) is 0 Å². The van der Waals surface area contributed by atoms with Crippen LogP contribution < -0.4 is 4.72 Å². The zero-order valence-electron chi connectivity index (χ0n) is 9.33. The normalized spacial score (nSPS) is 11.2. The molecule has 19 heavy (non-hydrogen) atoms. The van der Waals surface area contributed by atoms with Crippen molar-refractivity contribution in [2.45, 2.75) is 11.4 Å². The molecule has 2 aromatic heterocycles. The molecule has 0 aliphatic rings. The lowest BCUT2D eigenvalue weighted by Gasteiger charge is -2.02. The summed E-state index contributed by atoms with van der Waals surface area (Å²) in [5, 5.41) is 19.1. The minimum atomic E-state index is -3.92. The molecule has 0 saturated carbocycles. The minimum Gasteiger partial charge on any atom is -0.480 e. The lowest BCUT2D eigenvalue weighted by molar-refractivity contribution is -0.137. The first-order valence-corrected chi connectivity index (χ1v) is 6.36. The third-order valence-electron chi connectivity index (χ3n) is 1.93. The van der Waals surface area contributed by atoms with Gasteiger partial charge < -0.3 is 5.11 Å². The average Bonchev–Trinajstić information content (AvgIpc) is 2.78. The molecule has 0 aliphatic carbocycles. The molecule has 0 aliphatic heterocycles. The summed E-state index contributed by atoms with van der Waals surface area (Å²) >= 11 is 0. The van der Waals surface area contributed by atoms with Gasteiger partial charge in [-0.2, -0.15) is 10.2 Å². The molecule has 0 saturated heterocycles. The van der Waals surface area contributed by atoms with E-state index in [9.17, 15) is 13.2 Å². The molecular weight excluding hydrogens is 276 g/mol. The molecule has 0 unspecified atom stereocenters. The second-order valence-electron chi connectivity index (χ2n) is 3.34. The topological polar surface area (TPSA) is 140 Å². The number of sulfonamides is 1. The van der Waals surface area contributed by atoms with E-state index in [1.807, 2.05) is 0 Å². The summed E-state index contributed by atoms with van der Waals surface area (Å²) in [5.41, 5.74) is 0. The summed E-state index contributed by atoms with van der Waals surface area (Å²) in [4.78, 5) is 13.9. The molecule has 0 radical (unpaired) electrons. The molecule has 100 valence electrons.